The van der Waals surface area contributed by atoms with Crippen LogP contribution in [0.25, 0.3) is 0 Å². The van der Waals surface area contributed by atoms with Crippen molar-refractivity contribution >= 4 is 23.2 Å². The van der Waals surface area contributed by atoms with Gasteiger partial charge in [-0.1, -0.05) is 74.7 Å². The van der Waals surface area contributed by atoms with Crippen LogP contribution < -0.4 is 0 Å². The second kappa shape index (κ2) is 5.58. The van der Waals surface area contributed by atoms with E-state index in [1.54, 1.807) is 0 Å². The molecule has 1 aliphatic rings. The highest BCUT2D eigenvalue weighted by Gasteiger charge is 2.40. The minimum absolute atomic E-state index is 0.0288. The van der Waals surface area contributed by atoms with Gasteiger partial charge in [0, 0.05) is 10.1 Å². The minimum Gasteiger partial charge on any atom is -0.0891 e. The zero-order valence-corrected chi connectivity index (χ0v) is 14.1. The van der Waals surface area contributed by atoms with Gasteiger partial charge < -0.3 is 0 Å². The Bertz CT molecular complexity index is 545. The molecule has 2 rings (SSSR count). The maximum atomic E-state index is 6.08. The molecule has 0 radical (unpaired) electrons. The molecule has 0 heterocycles. The highest BCUT2D eigenvalue weighted by atomic mass is 35.5. The van der Waals surface area contributed by atoms with Crippen molar-refractivity contribution in [1.29, 1.82) is 0 Å². The van der Waals surface area contributed by atoms with Crippen LogP contribution in [-0.2, 0) is 5.41 Å². The van der Waals surface area contributed by atoms with Crippen LogP contribution in [0, 0.1) is 5.41 Å². The third kappa shape index (κ3) is 2.82. The van der Waals surface area contributed by atoms with Crippen LogP contribution >= 0.6 is 23.2 Å². The molecule has 1 aliphatic carbocycles. The largest absolute Gasteiger partial charge is 0.0891 e. The van der Waals surface area contributed by atoms with Gasteiger partial charge >= 0.3 is 0 Å². The van der Waals surface area contributed by atoms with Crippen molar-refractivity contribution in [2.24, 2.45) is 5.41 Å². The second-order valence-electron chi connectivity index (χ2n) is 6.56. The quantitative estimate of drug-likeness (QED) is 0.599. The summed E-state index contributed by atoms with van der Waals surface area (Å²) >= 11 is 12.1. The predicted molar refractivity (Wildman–Crippen MR) is 89.5 cm³/mol. The van der Waals surface area contributed by atoms with Crippen LogP contribution in [0.2, 0.25) is 5.02 Å². The highest BCUT2D eigenvalue weighted by Crippen LogP contribution is 2.49. The Morgan fingerprint density at radius 3 is 1.90 bits per heavy atom. The van der Waals surface area contributed by atoms with Crippen LogP contribution in [0.15, 0.2) is 47.0 Å². The lowest BCUT2D eigenvalue weighted by Crippen LogP contribution is -2.38. The molecular formula is C18H22Cl2. The molecule has 1 aromatic rings. The Hall–Kier alpha value is -0.720. The van der Waals surface area contributed by atoms with E-state index in [4.69, 9.17) is 23.2 Å². The lowest BCUT2D eigenvalue weighted by molar-refractivity contribution is 0.241. The van der Waals surface area contributed by atoms with E-state index in [1.165, 1.54) is 11.1 Å². The summed E-state index contributed by atoms with van der Waals surface area (Å²) in [7, 11) is 0. The van der Waals surface area contributed by atoms with Gasteiger partial charge in [-0.05, 0) is 47.4 Å². The van der Waals surface area contributed by atoms with Gasteiger partial charge in [-0.3, -0.25) is 0 Å². The van der Waals surface area contributed by atoms with Gasteiger partial charge in [0.25, 0.3) is 0 Å². The zero-order valence-electron chi connectivity index (χ0n) is 12.6. The molecule has 0 saturated heterocycles. The van der Waals surface area contributed by atoms with Gasteiger partial charge in [-0.2, -0.15) is 0 Å². The molecule has 0 bridgehead atoms. The maximum absolute atomic E-state index is 6.08. The fraction of sp³-hybridized carbons (Fsp3) is 0.444. The maximum Gasteiger partial charge on any atom is 0.0406 e. The van der Waals surface area contributed by atoms with E-state index in [-0.39, 0.29) is 10.8 Å². The van der Waals surface area contributed by atoms with E-state index < -0.39 is 0 Å². The Morgan fingerprint density at radius 2 is 1.40 bits per heavy atom. The Kier molecular flexibility index (Phi) is 4.37. The molecule has 0 nitrogen and oxygen atoms in total. The van der Waals surface area contributed by atoms with Crippen molar-refractivity contribution in [3.63, 3.8) is 0 Å². The molecule has 1 aromatic carbocycles. The van der Waals surface area contributed by atoms with Gasteiger partial charge in [0.15, 0.2) is 0 Å². The molecule has 0 saturated carbocycles. The number of rotatable bonds is 3. The molecular weight excluding hydrogens is 287 g/mol. The third-order valence-corrected chi connectivity index (χ3v) is 5.60. The summed E-state index contributed by atoms with van der Waals surface area (Å²) in [6, 6.07) is 8.22. The predicted octanol–water partition coefficient (Wildman–Crippen LogP) is 6.49. The summed E-state index contributed by atoms with van der Waals surface area (Å²) in [4.78, 5) is 0. The summed E-state index contributed by atoms with van der Waals surface area (Å²) in [6.07, 6.45) is 6.23. The van der Waals surface area contributed by atoms with E-state index in [9.17, 15) is 0 Å². The van der Waals surface area contributed by atoms with Crippen LogP contribution in [0.5, 0.6) is 0 Å². The fourth-order valence-corrected chi connectivity index (χ4v) is 3.04. The molecule has 108 valence electrons. The first-order valence-electron chi connectivity index (χ1n) is 7.07. The average Bonchev–Trinajstić information content (AvgIpc) is 2.39. The minimum atomic E-state index is 0.0288. The summed E-state index contributed by atoms with van der Waals surface area (Å²) in [5, 5.41) is 1.74. The summed E-state index contributed by atoms with van der Waals surface area (Å²) < 4.78 is 0. The Labute approximate surface area is 132 Å². The van der Waals surface area contributed by atoms with Crippen LogP contribution in [-0.4, -0.2) is 0 Å². The Balaban J connectivity index is 2.39. The summed E-state index contributed by atoms with van der Waals surface area (Å²) in [5.41, 5.74) is 2.87. The van der Waals surface area contributed by atoms with Gasteiger partial charge in [0.05, 0.1) is 0 Å². The number of hydrogen-bond acceptors (Lipinski definition) is 0. The van der Waals surface area contributed by atoms with Crippen molar-refractivity contribution in [1.82, 2.24) is 0 Å². The number of benzene rings is 1. The van der Waals surface area contributed by atoms with Gasteiger partial charge in [0.1, 0.15) is 0 Å². The molecule has 0 aliphatic heterocycles. The van der Waals surface area contributed by atoms with E-state index in [2.05, 4.69) is 45.9 Å². The van der Waals surface area contributed by atoms with E-state index in [0.717, 1.165) is 22.9 Å². The molecule has 20 heavy (non-hydrogen) atoms. The number of hydrogen-bond donors (Lipinski definition) is 0. The van der Waals surface area contributed by atoms with Crippen molar-refractivity contribution in [3.05, 3.63) is 57.6 Å². The zero-order chi connectivity index (χ0) is 15.0. The summed E-state index contributed by atoms with van der Waals surface area (Å²) in [6.45, 7) is 9.25. The summed E-state index contributed by atoms with van der Waals surface area (Å²) in [5.74, 6) is 0. The monoisotopic (exact) mass is 308 g/mol. The Morgan fingerprint density at radius 1 is 0.800 bits per heavy atom. The van der Waals surface area contributed by atoms with Gasteiger partial charge in [0.2, 0.25) is 0 Å². The van der Waals surface area contributed by atoms with Crippen molar-refractivity contribution in [2.45, 2.75) is 46.0 Å². The first-order valence-corrected chi connectivity index (χ1v) is 7.82. The van der Waals surface area contributed by atoms with Crippen LogP contribution in [0.1, 0.15) is 46.1 Å². The smallest absolute Gasteiger partial charge is 0.0406 e. The first kappa shape index (κ1) is 15.7. The molecule has 0 atom stereocenters. The molecule has 0 fully saturated rings. The third-order valence-electron chi connectivity index (χ3n) is 5.03. The SMILES string of the molecule is CC(C)(C1=CC=C(Cl)CC1)C(C)(C)c1ccc(Cl)cc1. The van der Waals surface area contributed by atoms with Gasteiger partial charge in [-0.25, -0.2) is 0 Å². The van der Waals surface area contributed by atoms with E-state index >= 15 is 0 Å². The lowest BCUT2D eigenvalue weighted by atomic mass is 9.59. The topological polar surface area (TPSA) is 0 Å². The van der Waals surface area contributed by atoms with Crippen LogP contribution in [0.4, 0.5) is 0 Å². The molecule has 0 aromatic heterocycles. The van der Waals surface area contributed by atoms with E-state index in [1.807, 2.05) is 18.2 Å². The molecule has 0 N–H and O–H groups in total. The second-order valence-corrected chi connectivity index (χ2v) is 7.48. The molecule has 2 heteroatoms. The molecule has 0 unspecified atom stereocenters. The molecule has 0 amide bonds. The number of allylic oxidation sites excluding steroid dienone is 4. The van der Waals surface area contributed by atoms with Crippen LogP contribution in [0.3, 0.4) is 0 Å². The first-order chi connectivity index (χ1) is 9.25. The van der Waals surface area contributed by atoms with E-state index in [0.29, 0.717) is 0 Å². The average molecular weight is 309 g/mol. The van der Waals surface area contributed by atoms with Crippen molar-refractivity contribution in [3.8, 4) is 0 Å². The normalized spacial score (nSPS) is 16.7. The van der Waals surface area contributed by atoms with Gasteiger partial charge in [-0.15, -0.1) is 0 Å². The highest BCUT2D eigenvalue weighted by molar-refractivity contribution is 6.30. The van der Waals surface area contributed by atoms with Crippen molar-refractivity contribution < 1.29 is 0 Å². The standard InChI is InChI=1S/C18H22Cl2/c1-17(2,13-5-9-15(19)10-6-13)18(3,4)14-7-11-16(20)12-8-14/h5-7,9-11H,8,12H2,1-4H3. The molecule has 0 spiro atoms. The number of halogens is 2. The lowest BCUT2D eigenvalue weighted by Gasteiger charge is -2.45. The fourth-order valence-electron chi connectivity index (χ4n) is 2.76. The van der Waals surface area contributed by atoms with Crippen molar-refractivity contribution in [2.75, 3.05) is 0 Å².